The molecule has 1 aliphatic rings. The number of carbonyl (C=O) groups is 1. The van der Waals surface area contributed by atoms with Crippen LogP contribution in [0.3, 0.4) is 0 Å². The minimum Gasteiger partial charge on any atom is -0.301 e. The van der Waals surface area contributed by atoms with Gasteiger partial charge in [0.2, 0.25) is 0 Å². The van der Waals surface area contributed by atoms with E-state index in [1.807, 2.05) is 20.0 Å². The fourth-order valence-corrected chi connectivity index (χ4v) is 3.22. The van der Waals surface area contributed by atoms with Gasteiger partial charge in [-0.2, -0.15) is 5.10 Å². The van der Waals surface area contributed by atoms with Gasteiger partial charge in [0.25, 0.3) is 0 Å². The molecule has 1 aliphatic heterocycles. The van der Waals surface area contributed by atoms with Crippen LogP contribution in [0, 0.1) is 5.92 Å². The van der Waals surface area contributed by atoms with Crippen LogP contribution < -0.4 is 0 Å². The summed E-state index contributed by atoms with van der Waals surface area (Å²) < 4.78 is 2.17. The summed E-state index contributed by atoms with van der Waals surface area (Å²) in [6.45, 7) is 11.8. The van der Waals surface area contributed by atoms with Crippen LogP contribution in [0.2, 0.25) is 0 Å². The Balaban J connectivity index is 1.76. The monoisotopic (exact) mass is 319 g/mol. The van der Waals surface area contributed by atoms with Crippen LogP contribution in [0.15, 0.2) is 12.4 Å². The Bertz CT molecular complexity index is 493. The van der Waals surface area contributed by atoms with E-state index in [9.17, 15) is 4.79 Å². The lowest BCUT2D eigenvalue weighted by Gasteiger charge is -2.32. The summed E-state index contributed by atoms with van der Waals surface area (Å²) in [5.74, 6) is 1.13. The highest BCUT2D eigenvalue weighted by molar-refractivity contribution is 5.80. The molecule has 2 rings (SSSR count). The van der Waals surface area contributed by atoms with Crippen molar-refractivity contribution in [1.82, 2.24) is 14.7 Å². The maximum atomic E-state index is 11.7. The van der Waals surface area contributed by atoms with Gasteiger partial charge in [-0.05, 0) is 50.3 Å². The number of rotatable bonds is 8. The van der Waals surface area contributed by atoms with Gasteiger partial charge in [0.1, 0.15) is 5.78 Å². The fraction of sp³-hybridized carbons (Fsp3) is 0.789. The minimum atomic E-state index is 0.185. The molecule has 1 atom stereocenters. The Labute approximate surface area is 141 Å². The van der Waals surface area contributed by atoms with Crippen LogP contribution in [0.5, 0.6) is 0 Å². The normalized spacial score (nSPS) is 19.7. The number of nitrogens with zero attached hydrogens (tertiary/aromatic N) is 3. The molecule has 0 aromatic carbocycles. The van der Waals surface area contributed by atoms with Crippen LogP contribution in [-0.2, 0) is 4.79 Å². The van der Waals surface area contributed by atoms with Crippen LogP contribution in [-0.4, -0.2) is 40.1 Å². The average molecular weight is 319 g/mol. The van der Waals surface area contributed by atoms with Crippen LogP contribution in [0.25, 0.3) is 0 Å². The Hall–Kier alpha value is -1.16. The van der Waals surface area contributed by atoms with E-state index in [-0.39, 0.29) is 5.92 Å². The van der Waals surface area contributed by atoms with Crippen molar-refractivity contribution in [2.45, 2.75) is 71.8 Å². The summed E-state index contributed by atoms with van der Waals surface area (Å²) in [5.41, 5.74) is 1.33. The van der Waals surface area contributed by atoms with Gasteiger partial charge >= 0.3 is 0 Å². The number of unbranched alkanes of at least 4 members (excludes halogenated alkanes) is 1. The molecule has 1 aromatic rings. The SMILES string of the molecule is CC(C)C(=O)CCCCN1CCCC(n2cc(C(C)C)cn2)C1. The zero-order valence-corrected chi connectivity index (χ0v) is 15.3. The number of aromatic nitrogens is 2. The maximum Gasteiger partial charge on any atom is 0.135 e. The molecule has 0 saturated carbocycles. The fourth-order valence-electron chi connectivity index (χ4n) is 3.22. The van der Waals surface area contributed by atoms with Crippen molar-refractivity contribution in [1.29, 1.82) is 0 Å². The average Bonchev–Trinajstić information content (AvgIpc) is 3.02. The van der Waals surface area contributed by atoms with Crippen LogP contribution in [0.4, 0.5) is 0 Å². The summed E-state index contributed by atoms with van der Waals surface area (Å²) in [6, 6.07) is 0.508. The van der Waals surface area contributed by atoms with Gasteiger partial charge in [0, 0.05) is 25.1 Å². The first-order chi connectivity index (χ1) is 11.0. The molecule has 23 heavy (non-hydrogen) atoms. The molecule has 0 bridgehead atoms. The van der Waals surface area contributed by atoms with Gasteiger partial charge in [-0.15, -0.1) is 0 Å². The molecule has 0 N–H and O–H groups in total. The van der Waals surface area contributed by atoms with Crippen molar-refractivity contribution in [3.05, 3.63) is 18.0 Å². The summed E-state index contributed by atoms with van der Waals surface area (Å²) in [6.07, 6.45) is 9.60. The molecule has 0 amide bonds. The van der Waals surface area contributed by atoms with Crippen molar-refractivity contribution in [3.63, 3.8) is 0 Å². The first kappa shape index (κ1) is 18.2. The highest BCUT2D eigenvalue weighted by atomic mass is 16.1. The number of carbonyl (C=O) groups excluding carboxylic acids is 1. The second-order valence-electron chi connectivity index (χ2n) is 7.58. The molecule has 4 heteroatoms. The molecular weight excluding hydrogens is 286 g/mol. The summed E-state index contributed by atoms with van der Waals surface area (Å²) in [5, 5.41) is 4.58. The zero-order chi connectivity index (χ0) is 16.8. The lowest BCUT2D eigenvalue weighted by Crippen LogP contribution is -2.37. The Morgan fingerprint density at radius 1 is 1.30 bits per heavy atom. The molecule has 130 valence electrons. The van der Waals surface area contributed by atoms with Gasteiger partial charge in [0.05, 0.1) is 12.2 Å². The molecule has 0 radical (unpaired) electrons. The minimum absolute atomic E-state index is 0.185. The van der Waals surface area contributed by atoms with Crippen LogP contribution in [0.1, 0.15) is 77.3 Å². The van der Waals surface area contributed by atoms with E-state index in [1.165, 1.54) is 24.9 Å². The number of Topliss-reactive ketones (excluding diaryl/α,β-unsaturated/α-hetero) is 1. The molecule has 1 aromatic heterocycles. The van der Waals surface area contributed by atoms with Gasteiger partial charge in [-0.25, -0.2) is 0 Å². The predicted molar refractivity (Wildman–Crippen MR) is 94.7 cm³/mol. The summed E-state index contributed by atoms with van der Waals surface area (Å²) in [7, 11) is 0. The third-order valence-corrected chi connectivity index (χ3v) is 4.93. The highest BCUT2D eigenvalue weighted by Crippen LogP contribution is 2.23. The van der Waals surface area contributed by atoms with Crippen LogP contribution >= 0.6 is 0 Å². The van der Waals surface area contributed by atoms with E-state index >= 15 is 0 Å². The summed E-state index contributed by atoms with van der Waals surface area (Å²) in [4.78, 5) is 14.2. The van der Waals surface area contributed by atoms with Gasteiger partial charge in [0.15, 0.2) is 0 Å². The molecule has 1 fully saturated rings. The quantitative estimate of drug-likeness (QED) is 0.679. The number of hydrogen-bond acceptors (Lipinski definition) is 3. The van der Waals surface area contributed by atoms with E-state index in [2.05, 4.69) is 34.7 Å². The molecule has 0 aliphatic carbocycles. The third kappa shape index (κ3) is 5.45. The van der Waals surface area contributed by atoms with Crippen molar-refractivity contribution in [2.75, 3.05) is 19.6 Å². The molecule has 2 heterocycles. The number of piperidine rings is 1. The molecule has 1 saturated heterocycles. The standard InChI is InChI=1S/C19H33N3O/c1-15(2)17-12-20-22(13-17)18-8-7-11-21(14-18)10-6-5-9-19(23)16(3)4/h12-13,15-16,18H,5-11,14H2,1-4H3. The largest absolute Gasteiger partial charge is 0.301 e. The van der Waals surface area contributed by atoms with E-state index < -0.39 is 0 Å². The van der Waals surface area contributed by atoms with Crippen molar-refractivity contribution in [3.8, 4) is 0 Å². The predicted octanol–water partition coefficient (Wildman–Crippen LogP) is 4.04. The second kappa shape index (κ2) is 8.62. The molecule has 4 nitrogen and oxygen atoms in total. The van der Waals surface area contributed by atoms with Crippen molar-refractivity contribution >= 4 is 5.78 Å². The number of likely N-dealkylation sites (tertiary alicyclic amines) is 1. The Kier molecular flexibility index (Phi) is 6.82. The number of hydrogen-bond donors (Lipinski definition) is 0. The van der Waals surface area contributed by atoms with E-state index in [1.54, 1.807) is 0 Å². The molecule has 1 unspecified atom stereocenters. The molecule has 0 spiro atoms. The Morgan fingerprint density at radius 3 is 2.74 bits per heavy atom. The summed E-state index contributed by atoms with van der Waals surface area (Å²) >= 11 is 0. The van der Waals surface area contributed by atoms with Gasteiger partial charge in [-0.1, -0.05) is 27.7 Å². The number of ketones is 1. The lowest BCUT2D eigenvalue weighted by molar-refractivity contribution is -0.122. The second-order valence-corrected chi connectivity index (χ2v) is 7.58. The van der Waals surface area contributed by atoms with E-state index in [0.717, 1.165) is 32.4 Å². The van der Waals surface area contributed by atoms with Crippen molar-refractivity contribution < 1.29 is 4.79 Å². The third-order valence-electron chi connectivity index (χ3n) is 4.93. The van der Waals surface area contributed by atoms with E-state index in [4.69, 9.17) is 0 Å². The Morgan fingerprint density at radius 2 is 2.09 bits per heavy atom. The smallest absolute Gasteiger partial charge is 0.135 e. The lowest BCUT2D eigenvalue weighted by atomic mass is 10.0. The molecular formula is C19H33N3O. The maximum absolute atomic E-state index is 11.7. The first-order valence-electron chi connectivity index (χ1n) is 9.26. The first-order valence-corrected chi connectivity index (χ1v) is 9.26. The highest BCUT2D eigenvalue weighted by Gasteiger charge is 2.22. The van der Waals surface area contributed by atoms with Gasteiger partial charge in [-0.3, -0.25) is 9.48 Å². The van der Waals surface area contributed by atoms with E-state index in [0.29, 0.717) is 17.7 Å². The zero-order valence-electron chi connectivity index (χ0n) is 15.3. The van der Waals surface area contributed by atoms with Gasteiger partial charge < -0.3 is 4.90 Å². The topological polar surface area (TPSA) is 38.1 Å². The van der Waals surface area contributed by atoms with Crippen molar-refractivity contribution in [2.24, 2.45) is 5.92 Å².